The van der Waals surface area contributed by atoms with Crippen LogP contribution in [0.5, 0.6) is 0 Å². The first-order valence-corrected chi connectivity index (χ1v) is 6.34. The van der Waals surface area contributed by atoms with E-state index in [1.807, 2.05) is 0 Å². The molecular weight excluding hydrogens is 373 g/mol. The van der Waals surface area contributed by atoms with Crippen molar-refractivity contribution < 1.29 is 39.5 Å². The molecule has 0 aliphatic heterocycles. The molecule has 126 valence electrons. The van der Waals surface area contributed by atoms with Crippen molar-refractivity contribution in [1.82, 2.24) is 0 Å². The minimum atomic E-state index is -6.38. The molecule has 0 saturated carbocycles. The van der Waals surface area contributed by atoms with Gasteiger partial charge >= 0.3 is 18.0 Å². The van der Waals surface area contributed by atoms with Gasteiger partial charge < -0.3 is 5.73 Å². The van der Waals surface area contributed by atoms with Gasteiger partial charge in [-0.05, 0) is 12.1 Å². The van der Waals surface area contributed by atoms with Crippen molar-refractivity contribution in [2.24, 2.45) is 0 Å². The van der Waals surface area contributed by atoms with Gasteiger partial charge in [0.25, 0.3) is 5.76 Å². The summed E-state index contributed by atoms with van der Waals surface area (Å²) in [5.41, 5.74) is -3.23. The monoisotopic (exact) mass is 377 g/mol. The van der Waals surface area contributed by atoms with Crippen LogP contribution in [0, 0.1) is 0 Å². The van der Waals surface area contributed by atoms with Gasteiger partial charge in [0, 0.05) is 10.5 Å². The van der Waals surface area contributed by atoms with E-state index in [1.165, 1.54) is 0 Å². The number of hydrogen-bond acceptors (Lipinski definition) is 2. The van der Waals surface area contributed by atoms with Crippen LogP contribution in [0.1, 0.15) is 5.56 Å². The van der Waals surface area contributed by atoms with Crippen molar-refractivity contribution in [2.45, 2.75) is 28.7 Å². The van der Waals surface area contributed by atoms with Crippen LogP contribution in [-0.4, -0.2) is 18.1 Å². The van der Waals surface area contributed by atoms with Crippen LogP contribution >= 0.6 is 23.4 Å². The molecule has 0 heterocycles. The van der Waals surface area contributed by atoms with E-state index in [0.29, 0.717) is 0 Å². The summed E-state index contributed by atoms with van der Waals surface area (Å²) in [6.07, 6.45) is -12.8. The molecule has 1 aromatic rings. The second-order valence-corrected chi connectivity index (χ2v) is 5.34. The Morgan fingerprint density at radius 2 is 1.41 bits per heavy atom. The van der Waals surface area contributed by atoms with E-state index in [1.54, 1.807) is 0 Å². The summed E-state index contributed by atoms with van der Waals surface area (Å²) in [5.74, 6) is -3.21. The maximum Gasteiger partial charge on any atom is 0.435 e. The first-order valence-electron chi connectivity index (χ1n) is 5.08. The Labute approximate surface area is 126 Å². The lowest BCUT2D eigenvalue weighted by Crippen LogP contribution is -2.50. The van der Waals surface area contributed by atoms with Gasteiger partial charge in [0.2, 0.25) is 0 Å². The van der Waals surface area contributed by atoms with Gasteiger partial charge in [-0.2, -0.15) is 35.1 Å². The van der Waals surface area contributed by atoms with Gasteiger partial charge in [0.1, 0.15) is 0 Å². The molecule has 0 atom stereocenters. The van der Waals surface area contributed by atoms with E-state index in [4.69, 9.17) is 17.3 Å². The topological polar surface area (TPSA) is 26.0 Å². The van der Waals surface area contributed by atoms with Crippen LogP contribution in [0.4, 0.5) is 45.2 Å². The Morgan fingerprint density at radius 3 is 1.77 bits per heavy atom. The van der Waals surface area contributed by atoms with Gasteiger partial charge in [-0.3, -0.25) is 0 Å². The third kappa shape index (κ3) is 3.34. The third-order valence-electron chi connectivity index (χ3n) is 2.49. The molecule has 12 heteroatoms. The van der Waals surface area contributed by atoms with Crippen LogP contribution in [0.25, 0.3) is 0 Å². The zero-order chi connectivity index (χ0) is 17.5. The number of nitrogens with two attached hydrogens (primary N) is 1. The minimum Gasteiger partial charge on any atom is -0.397 e. The molecule has 0 aromatic heterocycles. The Hall–Kier alpha value is -0.970. The Kier molecular flexibility index (Phi) is 5.13. The predicted octanol–water partition coefficient (Wildman–Crippen LogP) is 5.53. The third-order valence-corrected chi connectivity index (χ3v) is 3.57. The summed E-state index contributed by atoms with van der Waals surface area (Å²) in [4.78, 5) is -0.895. The van der Waals surface area contributed by atoms with Crippen LogP contribution in [0.15, 0.2) is 17.0 Å². The number of rotatable bonds is 3. The fourth-order valence-electron chi connectivity index (χ4n) is 1.47. The van der Waals surface area contributed by atoms with E-state index in [0.717, 1.165) is 0 Å². The Balaban J connectivity index is 3.62. The molecule has 0 saturated heterocycles. The highest BCUT2D eigenvalue weighted by Gasteiger charge is 2.73. The largest absolute Gasteiger partial charge is 0.435 e. The molecule has 0 amide bonds. The molecule has 1 aromatic carbocycles. The molecule has 0 aliphatic carbocycles. The van der Waals surface area contributed by atoms with Crippen molar-refractivity contribution in [3.8, 4) is 0 Å². The summed E-state index contributed by atoms with van der Waals surface area (Å²) in [5, 5.41) is -0.906. The van der Waals surface area contributed by atoms with Gasteiger partial charge in [0.05, 0.1) is 10.7 Å². The maximum atomic E-state index is 13.8. The lowest BCUT2D eigenvalue weighted by molar-refractivity contribution is -0.348. The molecular formula is C10H5ClF9NS. The molecule has 1 rings (SSSR count). The highest BCUT2D eigenvalue weighted by molar-refractivity contribution is 7.99. The van der Waals surface area contributed by atoms with Gasteiger partial charge in [-0.15, -0.1) is 0 Å². The molecule has 2 N–H and O–H groups in total. The molecule has 0 aliphatic rings. The van der Waals surface area contributed by atoms with Crippen LogP contribution in [-0.2, 0) is 5.67 Å². The molecule has 1 nitrogen and oxygen atoms in total. The lowest BCUT2D eigenvalue weighted by atomic mass is 9.94. The first-order chi connectivity index (χ1) is 9.71. The lowest BCUT2D eigenvalue weighted by Gasteiger charge is -2.30. The van der Waals surface area contributed by atoms with E-state index in [2.05, 4.69) is 0 Å². The number of halogens is 10. The van der Waals surface area contributed by atoms with E-state index in [9.17, 15) is 39.5 Å². The standard InChI is InChI=1S/C10H5ClF9NS/c11-4-1-3(2-5(6(4)21)22-7(12)13)8(14,9(15,16)17)10(18,19)20/h1-2,7H,21H2. The van der Waals surface area contributed by atoms with Gasteiger partial charge in [0.15, 0.2) is 0 Å². The quantitative estimate of drug-likeness (QED) is 0.426. The molecule has 0 spiro atoms. The second-order valence-electron chi connectivity index (χ2n) is 3.90. The predicted molar refractivity (Wildman–Crippen MR) is 62.6 cm³/mol. The Morgan fingerprint density at radius 1 is 0.955 bits per heavy atom. The smallest absolute Gasteiger partial charge is 0.397 e. The SMILES string of the molecule is Nc1c(Cl)cc(C(F)(C(F)(F)F)C(F)(F)F)cc1SC(F)F. The number of benzene rings is 1. The van der Waals surface area contributed by atoms with E-state index >= 15 is 0 Å². The second kappa shape index (κ2) is 5.91. The zero-order valence-corrected chi connectivity index (χ0v) is 11.6. The average molecular weight is 378 g/mol. The summed E-state index contributed by atoms with van der Waals surface area (Å²) in [6.45, 7) is 0. The summed E-state index contributed by atoms with van der Waals surface area (Å²) in [6, 6.07) is -0.0353. The van der Waals surface area contributed by atoms with E-state index in [-0.39, 0.29) is 12.1 Å². The van der Waals surface area contributed by atoms with Crippen LogP contribution in [0.3, 0.4) is 0 Å². The zero-order valence-electron chi connectivity index (χ0n) is 10.00. The van der Waals surface area contributed by atoms with E-state index < -0.39 is 56.7 Å². The summed E-state index contributed by atoms with van der Waals surface area (Å²) < 4.78 is 114. The molecule has 0 fully saturated rings. The van der Waals surface area contributed by atoms with Crippen molar-refractivity contribution in [3.63, 3.8) is 0 Å². The van der Waals surface area contributed by atoms with Crippen molar-refractivity contribution in [1.29, 1.82) is 0 Å². The number of thioether (sulfide) groups is 1. The van der Waals surface area contributed by atoms with Crippen molar-refractivity contribution in [2.75, 3.05) is 5.73 Å². The molecule has 0 unspecified atom stereocenters. The van der Waals surface area contributed by atoms with Crippen molar-refractivity contribution in [3.05, 3.63) is 22.7 Å². The summed E-state index contributed by atoms with van der Waals surface area (Å²) in [7, 11) is 0. The molecule has 0 radical (unpaired) electrons. The number of nitrogen functional groups attached to an aromatic ring is 1. The molecule has 0 bridgehead atoms. The average Bonchev–Trinajstić information content (AvgIpc) is 2.30. The fourth-order valence-corrected chi connectivity index (χ4v) is 2.37. The van der Waals surface area contributed by atoms with Gasteiger partial charge in [-0.1, -0.05) is 23.4 Å². The van der Waals surface area contributed by atoms with Gasteiger partial charge in [-0.25, -0.2) is 4.39 Å². The highest BCUT2D eigenvalue weighted by Crippen LogP contribution is 2.54. The van der Waals surface area contributed by atoms with Crippen LogP contribution in [0.2, 0.25) is 5.02 Å². The molecule has 22 heavy (non-hydrogen) atoms. The number of alkyl halides is 9. The first kappa shape index (κ1) is 19.1. The minimum absolute atomic E-state index is 0.00734. The maximum absolute atomic E-state index is 13.8. The van der Waals surface area contributed by atoms with Crippen LogP contribution < -0.4 is 5.73 Å². The fraction of sp³-hybridized carbons (Fsp3) is 0.400. The summed E-state index contributed by atoms with van der Waals surface area (Å²) >= 11 is 4.87. The Bertz CT molecular complexity index is 541. The van der Waals surface area contributed by atoms with Crippen molar-refractivity contribution >= 4 is 29.1 Å². The number of anilines is 1. The normalized spacial score (nSPS) is 13.8. The highest BCUT2D eigenvalue weighted by atomic mass is 35.5. The number of hydrogen-bond donors (Lipinski definition) is 1.